The van der Waals surface area contributed by atoms with Gasteiger partial charge in [-0.1, -0.05) is 42.5 Å². The van der Waals surface area contributed by atoms with Crippen molar-refractivity contribution in [2.45, 2.75) is 57.5 Å². The Bertz CT molecular complexity index is 1520. The van der Waals surface area contributed by atoms with E-state index in [4.69, 9.17) is 25.9 Å². The number of aromatic nitrogens is 4. The monoisotopic (exact) mass is 574 g/mol. The van der Waals surface area contributed by atoms with Gasteiger partial charge < -0.3 is 36.7 Å². The van der Waals surface area contributed by atoms with E-state index in [1.807, 2.05) is 47.0 Å². The molecule has 0 radical (unpaired) electrons. The molecule has 5 rings (SSSR count). The lowest BCUT2D eigenvalue weighted by atomic mass is 10.0. The van der Waals surface area contributed by atoms with Gasteiger partial charge in [0.15, 0.2) is 17.0 Å². The summed E-state index contributed by atoms with van der Waals surface area (Å²) in [5, 5.41) is 16.2. The molecule has 1 saturated heterocycles. The molecule has 4 aromatic rings. The number of aliphatic hydroxyl groups is 1. The highest BCUT2D eigenvalue weighted by Gasteiger charge is 2.30. The van der Waals surface area contributed by atoms with Crippen molar-refractivity contribution in [2.75, 3.05) is 30.8 Å². The Labute approximate surface area is 244 Å². The maximum absolute atomic E-state index is 11.6. The quantitative estimate of drug-likeness (QED) is 0.149. The fourth-order valence-corrected chi connectivity index (χ4v) is 4.91. The number of ether oxygens (including phenoxy) is 2. The molecule has 1 aliphatic rings. The summed E-state index contributed by atoms with van der Waals surface area (Å²) in [5.41, 5.74) is 14.9. The van der Waals surface area contributed by atoms with Crippen molar-refractivity contribution in [3.05, 3.63) is 60.4 Å². The highest BCUT2D eigenvalue weighted by atomic mass is 16.5. The van der Waals surface area contributed by atoms with E-state index in [1.165, 1.54) is 6.33 Å². The number of primary amides is 1. The number of hydrogen-bond acceptors (Lipinski definition) is 10. The van der Waals surface area contributed by atoms with Crippen LogP contribution >= 0.6 is 0 Å². The Kier molecular flexibility index (Phi) is 8.86. The number of carbonyl (C=O) groups excluding carboxylic acids is 1. The second kappa shape index (κ2) is 12.7. The number of rotatable bonds is 13. The minimum Gasteiger partial charge on any atom is -0.493 e. The molecule has 3 heterocycles. The Morgan fingerprint density at radius 2 is 2.00 bits per heavy atom. The summed E-state index contributed by atoms with van der Waals surface area (Å²) in [6, 6.07) is 16.2. The number of nitrogens with one attached hydrogen (secondary N) is 2. The number of benzene rings is 2. The van der Waals surface area contributed by atoms with Gasteiger partial charge in [-0.15, -0.1) is 0 Å². The summed E-state index contributed by atoms with van der Waals surface area (Å²) in [6.07, 6.45) is 2.98. The van der Waals surface area contributed by atoms with Crippen LogP contribution in [0.5, 0.6) is 5.75 Å². The average Bonchev–Trinajstić information content (AvgIpc) is 3.61. The molecule has 7 N–H and O–H groups in total. The Morgan fingerprint density at radius 1 is 1.19 bits per heavy atom. The number of nitrogens with zero attached hydrogens (tertiary/aromatic N) is 4. The SMILES string of the molecule is CC(C)(NCCCOc1cc(CNc2nc3c(N)ncnc3n2[C@H]2CC[C@@H](CO)O2)ccc1-c1ccccc1)C(N)=O. The number of aliphatic hydroxyl groups excluding tert-OH is 1. The molecule has 2 aromatic heterocycles. The summed E-state index contributed by atoms with van der Waals surface area (Å²) < 4.78 is 14.2. The predicted octanol–water partition coefficient (Wildman–Crippen LogP) is 2.98. The van der Waals surface area contributed by atoms with E-state index in [1.54, 1.807) is 13.8 Å². The first kappa shape index (κ1) is 29.2. The van der Waals surface area contributed by atoms with Crippen molar-refractivity contribution >= 4 is 28.8 Å². The smallest absolute Gasteiger partial charge is 0.237 e. The maximum Gasteiger partial charge on any atom is 0.237 e. The third-order valence-corrected chi connectivity index (χ3v) is 7.43. The number of nitrogen functional groups attached to an aromatic ring is 1. The van der Waals surface area contributed by atoms with Gasteiger partial charge in [0.25, 0.3) is 0 Å². The first-order chi connectivity index (χ1) is 20.3. The lowest BCUT2D eigenvalue weighted by Gasteiger charge is -2.22. The van der Waals surface area contributed by atoms with Gasteiger partial charge in [0, 0.05) is 12.1 Å². The lowest BCUT2D eigenvalue weighted by Crippen LogP contribution is -2.51. The topological polar surface area (TPSA) is 175 Å². The first-order valence-electron chi connectivity index (χ1n) is 14.1. The molecular formula is C30H38N8O4. The Balaban J connectivity index is 1.35. The highest BCUT2D eigenvalue weighted by molar-refractivity contribution is 5.84. The van der Waals surface area contributed by atoms with Crippen LogP contribution < -0.4 is 26.8 Å². The zero-order valence-electron chi connectivity index (χ0n) is 23.9. The summed E-state index contributed by atoms with van der Waals surface area (Å²) in [4.78, 5) is 24.8. The largest absolute Gasteiger partial charge is 0.493 e. The molecule has 1 amide bonds. The molecule has 0 unspecified atom stereocenters. The molecular weight excluding hydrogens is 536 g/mol. The third kappa shape index (κ3) is 6.46. The average molecular weight is 575 g/mol. The van der Waals surface area contributed by atoms with Gasteiger partial charge in [-0.3, -0.25) is 9.36 Å². The molecule has 0 spiro atoms. The molecule has 1 fully saturated rings. The van der Waals surface area contributed by atoms with Gasteiger partial charge in [-0.25, -0.2) is 15.0 Å². The molecule has 12 nitrogen and oxygen atoms in total. The number of anilines is 2. The van der Waals surface area contributed by atoms with E-state index < -0.39 is 11.4 Å². The summed E-state index contributed by atoms with van der Waals surface area (Å²) in [5.74, 6) is 1.20. The van der Waals surface area contributed by atoms with Crippen molar-refractivity contribution < 1.29 is 19.4 Å². The van der Waals surface area contributed by atoms with Gasteiger partial charge >= 0.3 is 0 Å². The van der Waals surface area contributed by atoms with Crippen molar-refractivity contribution in [1.29, 1.82) is 0 Å². The van der Waals surface area contributed by atoms with Gasteiger partial charge in [-0.05, 0) is 56.8 Å². The standard InChI is InChI=1S/C30H38N8O4/c1-30(2,28(32)40)36-13-6-14-41-23-15-19(9-11-22(23)20-7-4-3-5-8-20)16-33-29-37-25-26(31)34-18-35-27(25)38(29)24-12-10-21(17-39)42-24/h3-5,7-9,11,15,18,21,24,36,39H,6,10,12-14,16-17H2,1-2H3,(H2,32,40)(H,33,37)(H2,31,34,35)/t21-,24+/m0/s1. The van der Waals surface area contributed by atoms with Crippen molar-refractivity contribution in [1.82, 2.24) is 24.8 Å². The molecule has 42 heavy (non-hydrogen) atoms. The molecule has 222 valence electrons. The molecule has 1 aliphatic heterocycles. The maximum atomic E-state index is 11.6. The molecule has 0 aliphatic carbocycles. The van der Waals surface area contributed by atoms with Crippen LogP contribution in [0.15, 0.2) is 54.9 Å². The van der Waals surface area contributed by atoms with Crippen LogP contribution in [0.2, 0.25) is 0 Å². The number of fused-ring (bicyclic) bond motifs is 1. The van der Waals surface area contributed by atoms with Crippen molar-refractivity contribution in [3.63, 3.8) is 0 Å². The van der Waals surface area contributed by atoms with Crippen LogP contribution in [0.1, 0.15) is 44.9 Å². The summed E-state index contributed by atoms with van der Waals surface area (Å²) in [7, 11) is 0. The number of nitrogens with two attached hydrogens (primary N) is 2. The number of amides is 1. The minimum absolute atomic E-state index is 0.0431. The summed E-state index contributed by atoms with van der Waals surface area (Å²) >= 11 is 0. The van der Waals surface area contributed by atoms with Crippen LogP contribution in [0.4, 0.5) is 11.8 Å². The molecule has 0 bridgehead atoms. The van der Waals surface area contributed by atoms with Crippen molar-refractivity contribution in [3.8, 4) is 16.9 Å². The normalized spacial score (nSPS) is 17.0. The third-order valence-electron chi connectivity index (χ3n) is 7.43. The van der Waals surface area contributed by atoms with Crippen LogP contribution in [-0.4, -0.2) is 61.9 Å². The van der Waals surface area contributed by atoms with Gasteiger partial charge in [0.05, 0.1) is 24.9 Å². The molecule has 2 aromatic carbocycles. The summed E-state index contributed by atoms with van der Waals surface area (Å²) in [6.45, 7) is 4.97. The molecule has 2 atom stereocenters. The second-order valence-electron chi connectivity index (χ2n) is 10.9. The van der Waals surface area contributed by atoms with Crippen LogP contribution in [0.3, 0.4) is 0 Å². The zero-order chi connectivity index (χ0) is 29.7. The minimum atomic E-state index is -0.782. The van der Waals surface area contributed by atoms with E-state index in [0.29, 0.717) is 49.7 Å². The van der Waals surface area contributed by atoms with Crippen LogP contribution in [0.25, 0.3) is 22.3 Å². The second-order valence-corrected chi connectivity index (χ2v) is 10.9. The molecule has 0 saturated carbocycles. The van der Waals surface area contributed by atoms with E-state index in [0.717, 1.165) is 28.9 Å². The number of hydrogen-bond donors (Lipinski definition) is 5. The Hall–Kier alpha value is -4.26. The van der Waals surface area contributed by atoms with Crippen LogP contribution in [-0.2, 0) is 16.1 Å². The number of carbonyl (C=O) groups is 1. The fraction of sp³-hybridized carbons (Fsp3) is 0.400. The fourth-order valence-electron chi connectivity index (χ4n) is 4.91. The van der Waals surface area contributed by atoms with E-state index in [-0.39, 0.29) is 24.8 Å². The van der Waals surface area contributed by atoms with Crippen LogP contribution in [0, 0.1) is 0 Å². The lowest BCUT2D eigenvalue weighted by molar-refractivity contribution is -0.123. The number of imidazole rings is 1. The Morgan fingerprint density at radius 3 is 2.74 bits per heavy atom. The predicted molar refractivity (Wildman–Crippen MR) is 161 cm³/mol. The van der Waals surface area contributed by atoms with Gasteiger partial charge in [0.2, 0.25) is 11.9 Å². The van der Waals surface area contributed by atoms with E-state index in [2.05, 4.69) is 26.7 Å². The molecule has 12 heteroatoms. The highest BCUT2D eigenvalue weighted by Crippen LogP contribution is 2.35. The van der Waals surface area contributed by atoms with E-state index in [9.17, 15) is 9.90 Å². The van der Waals surface area contributed by atoms with E-state index >= 15 is 0 Å². The zero-order valence-corrected chi connectivity index (χ0v) is 23.9. The van der Waals surface area contributed by atoms with Crippen molar-refractivity contribution in [2.24, 2.45) is 5.73 Å². The van der Waals surface area contributed by atoms with Gasteiger partial charge in [-0.2, -0.15) is 0 Å². The van der Waals surface area contributed by atoms with Gasteiger partial charge in [0.1, 0.15) is 18.3 Å². The first-order valence-corrected chi connectivity index (χ1v) is 14.1.